The van der Waals surface area contributed by atoms with Crippen LogP contribution in [-0.4, -0.2) is 23.8 Å². The molecule has 0 saturated carbocycles. The highest BCUT2D eigenvalue weighted by Crippen LogP contribution is 2.25. The van der Waals surface area contributed by atoms with Crippen LogP contribution in [0.15, 0.2) is 0 Å². The average molecular weight is 151 g/mol. The van der Waals surface area contributed by atoms with E-state index in [1.165, 1.54) is 7.11 Å². The fraction of sp³-hybridized carbons (Fsp3) is 1.00. The van der Waals surface area contributed by atoms with Gasteiger partial charge in [-0.1, -0.05) is 0 Å². The second-order valence-electron chi connectivity index (χ2n) is 1.98. The fourth-order valence-corrected chi connectivity index (χ4v) is 0.857. The molecule has 0 bridgehead atoms. The molecule has 0 spiro atoms. The summed E-state index contributed by atoms with van der Waals surface area (Å²) in [4.78, 5) is 8.55. The molecular formula is C5H12O3P+. The maximum Gasteiger partial charge on any atom is 0.511 e. The van der Waals surface area contributed by atoms with Crippen molar-refractivity contribution in [2.24, 2.45) is 0 Å². The number of ether oxygens (including phenoxy) is 1. The quantitative estimate of drug-likeness (QED) is 0.615. The van der Waals surface area contributed by atoms with Crippen LogP contribution >= 0.6 is 8.03 Å². The zero-order valence-corrected chi connectivity index (χ0v) is 6.76. The summed E-state index contributed by atoms with van der Waals surface area (Å²) in [6.45, 7) is 3.46. The molecule has 0 aromatic carbocycles. The second kappa shape index (κ2) is 3.94. The van der Waals surface area contributed by atoms with E-state index in [0.717, 1.165) is 0 Å². The summed E-state index contributed by atoms with van der Waals surface area (Å²) in [6.07, 6.45) is -0.140. The predicted octanol–water partition coefficient (Wildman–Crippen LogP) is 1.14. The highest BCUT2D eigenvalue weighted by Gasteiger charge is 2.29. The third kappa shape index (κ3) is 2.89. The fourth-order valence-electron chi connectivity index (χ4n) is 0.377. The smallest absolute Gasteiger partial charge is 0.377 e. The van der Waals surface area contributed by atoms with Gasteiger partial charge >= 0.3 is 8.03 Å². The minimum Gasteiger partial charge on any atom is -0.377 e. The Kier molecular flexibility index (Phi) is 3.95. The lowest BCUT2D eigenvalue weighted by Gasteiger charge is -2.05. The summed E-state index contributed by atoms with van der Waals surface area (Å²) >= 11 is 0. The van der Waals surface area contributed by atoms with Crippen molar-refractivity contribution in [2.75, 3.05) is 7.11 Å². The SMILES string of the molecule is COC(C)C(C)[P+](=O)O. The summed E-state index contributed by atoms with van der Waals surface area (Å²) < 4.78 is 15.2. The topological polar surface area (TPSA) is 46.5 Å². The summed E-state index contributed by atoms with van der Waals surface area (Å²) in [6, 6.07) is 0. The van der Waals surface area contributed by atoms with Gasteiger partial charge in [-0.05, 0) is 18.4 Å². The van der Waals surface area contributed by atoms with Gasteiger partial charge < -0.3 is 4.74 Å². The van der Waals surface area contributed by atoms with Gasteiger partial charge in [0.15, 0.2) is 0 Å². The predicted molar refractivity (Wildman–Crippen MR) is 35.8 cm³/mol. The molecule has 0 aromatic rings. The van der Waals surface area contributed by atoms with E-state index in [0.29, 0.717) is 0 Å². The molecule has 3 atom stereocenters. The molecule has 3 nitrogen and oxygen atoms in total. The molecule has 0 heterocycles. The number of hydrogen-bond donors (Lipinski definition) is 1. The average Bonchev–Trinajstić information content (AvgIpc) is 1.84. The Balaban J connectivity index is 3.72. The van der Waals surface area contributed by atoms with Crippen LogP contribution in [0.3, 0.4) is 0 Å². The van der Waals surface area contributed by atoms with Gasteiger partial charge in [-0.3, -0.25) is 0 Å². The van der Waals surface area contributed by atoms with Crippen molar-refractivity contribution >= 4 is 8.03 Å². The van der Waals surface area contributed by atoms with Crippen LogP contribution in [0.4, 0.5) is 0 Å². The highest BCUT2D eigenvalue weighted by molar-refractivity contribution is 7.38. The number of hydrogen-bond acceptors (Lipinski definition) is 2. The standard InChI is InChI=1S/C5H11O3P/c1-4(8-3)5(2)9(6)7/h4-5H,1-3H3/p+1. The summed E-state index contributed by atoms with van der Waals surface area (Å²) in [5.41, 5.74) is -0.273. The van der Waals surface area contributed by atoms with Crippen molar-refractivity contribution in [3.63, 3.8) is 0 Å². The lowest BCUT2D eigenvalue weighted by Crippen LogP contribution is -2.17. The summed E-state index contributed by atoms with van der Waals surface area (Å²) in [5.74, 6) is 0. The molecule has 0 aliphatic heterocycles. The van der Waals surface area contributed by atoms with E-state index in [1.807, 2.05) is 0 Å². The molecule has 0 saturated heterocycles. The van der Waals surface area contributed by atoms with Crippen molar-refractivity contribution in [1.82, 2.24) is 0 Å². The third-order valence-electron chi connectivity index (χ3n) is 1.40. The van der Waals surface area contributed by atoms with E-state index in [4.69, 9.17) is 9.63 Å². The summed E-state index contributed by atoms with van der Waals surface area (Å²) in [5, 5.41) is 0. The molecule has 0 aromatic heterocycles. The molecule has 0 aliphatic rings. The molecule has 4 heteroatoms. The van der Waals surface area contributed by atoms with Crippen LogP contribution < -0.4 is 0 Å². The first-order valence-electron chi connectivity index (χ1n) is 2.77. The van der Waals surface area contributed by atoms with Gasteiger partial charge in [0.25, 0.3) is 0 Å². The van der Waals surface area contributed by atoms with Crippen LogP contribution in [0.1, 0.15) is 13.8 Å². The Morgan fingerprint density at radius 3 is 2.11 bits per heavy atom. The molecule has 0 fully saturated rings. The molecule has 0 rings (SSSR count). The highest BCUT2D eigenvalue weighted by atomic mass is 31.1. The van der Waals surface area contributed by atoms with Crippen molar-refractivity contribution in [3.05, 3.63) is 0 Å². The van der Waals surface area contributed by atoms with Gasteiger partial charge in [0, 0.05) is 7.11 Å². The zero-order valence-electron chi connectivity index (χ0n) is 5.87. The lowest BCUT2D eigenvalue weighted by atomic mass is 10.3. The van der Waals surface area contributed by atoms with Crippen molar-refractivity contribution in [1.29, 1.82) is 0 Å². The molecule has 54 valence electrons. The maximum atomic E-state index is 10.4. The van der Waals surface area contributed by atoms with E-state index in [2.05, 4.69) is 0 Å². The lowest BCUT2D eigenvalue weighted by molar-refractivity contribution is 0.116. The first-order chi connectivity index (χ1) is 4.09. The monoisotopic (exact) mass is 151 g/mol. The van der Waals surface area contributed by atoms with Gasteiger partial charge in [0.05, 0.1) is 0 Å². The van der Waals surface area contributed by atoms with Crippen LogP contribution in [0, 0.1) is 0 Å². The zero-order chi connectivity index (χ0) is 7.44. The van der Waals surface area contributed by atoms with Gasteiger partial charge in [-0.2, -0.15) is 4.89 Å². The van der Waals surface area contributed by atoms with Gasteiger partial charge in [-0.25, -0.2) is 0 Å². The molecular weight excluding hydrogens is 139 g/mol. The molecule has 9 heavy (non-hydrogen) atoms. The minimum absolute atomic E-state index is 0.140. The Morgan fingerprint density at radius 2 is 2.00 bits per heavy atom. The summed E-state index contributed by atoms with van der Waals surface area (Å²) in [7, 11) is -0.554. The number of rotatable bonds is 3. The number of methoxy groups -OCH3 is 1. The van der Waals surface area contributed by atoms with Gasteiger partial charge in [-0.15, -0.1) is 0 Å². The first-order valence-corrected chi connectivity index (χ1v) is 4.05. The molecule has 0 aliphatic carbocycles. The van der Waals surface area contributed by atoms with Crippen LogP contribution in [0.5, 0.6) is 0 Å². The van der Waals surface area contributed by atoms with Crippen molar-refractivity contribution < 1.29 is 14.2 Å². The van der Waals surface area contributed by atoms with Crippen molar-refractivity contribution in [2.45, 2.75) is 25.6 Å². The van der Waals surface area contributed by atoms with Crippen LogP contribution in [0.25, 0.3) is 0 Å². The van der Waals surface area contributed by atoms with E-state index in [1.54, 1.807) is 13.8 Å². The second-order valence-corrected chi connectivity index (χ2v) is 3.40. The van der Waals surface area contributed by atoms with E-state index < -0.39 is 8.03 Å². The van der Waals surface area contributed by atoms with Crippen LogP contribution in [-0.2, 0) is 9.30 Å². The van der Waals surface area contributed by atoms with E-state index in [9.17, 15) is 4.57 Å². The Labute approximate surface area is 55.9 Å². The van der Waals surface area contributed by atoms with Gasteiger partial charge in [0.1, 0.15) is 6.10 Å². The van der Waals surface area contributed by atoms with E-state index in [-0.39, 0.29) is 11.8 Å². The first kappa shape index (κ1) is 9.02. The van der Waals surface area contributed by atoms with Gasteiger partial charge in [0.2, 0.25) is 5.66 Å². The molecule has 0 radical (unpaired) electrons. The van der Waals surface area contributed by atoms with Crippen molar-refractivity contribution in [3.8, 4) is 0 Å². The third-order valence-corrected chi connectivity index (χ3v) is 2.52. The Bertz CT molecular complexity index is 104. The minimum atomic E-state index is -2.08. The Morgan fingerprint density at radius 1 is 1.56 bits per heavy atom. The van der Waals surface area contributed by atoms with E-state index >= 15 is 0 Å². The normalized spacial score (nSPS) is 18.9. The molecule has 1 N–H and O–H groups in total. The largest absolute Gasteiger partial charge is 0.511 e. The van der Waals surface area contributed by atoms with Crippen LogP contribution in [0.2, 0.25) is 0 Å². The molecule has 0 amide bonds. The maximum absolute atomic E-state index is 10.4. The molecule has 3 unspecified atom stereocenters. The Hall–Kier alpha value is 0.0200.